The molecule has 0 saturated carbocycles. The molecular formula is C17H23N3O3. The molecule has 0 unspecified atom stereocenters. The molecule has 0 radical (unpaired) electrons. The summed E-state index contributed by atoms with van der Waals surface area (Å²) in [4.78, 5) is 28.6. The second kappa shape index (κ2) is 7.26. The van der Waals surface area contributed by atoms with Gasteiger partial charge in [0.15, 0.2) is 0 Å². The number of aryl methyl sites for hydroxylation is 1. The minimum Gasteiger partial charge on any atom is -0.467 e. The van der Waals surface area contributed by atoms with Crippen LogP contribution in [0.15, 0.2) is 24.3 Å². The molecule has 6 nitrogen and oxygen atoms in total. The number of esters is 1. The Balaban J connectivity index is 2.13. The number of nitrogens with zero attached hydrogens (tertiary/aromatic N) is 2. The van der Waals surface area contributed by atoms with E-state index in [1.54, 1.807) is 0 Å². The van der Waals surface area contributed by atoms with E-state index in [1.165, 1.54) is 7.11 Å². The predicted octanol–water partition coefficient (Wildman–Crippen LogP) is 2.05. The molecule has 0 saturated heterocycles. The van der Waals surface area contributed by atoms with Gasteiger partial charge >= 0.3 is 5.97 Å². The number of nitrogens with one attached hydrogen (secondary N) is 1. The highest BCUT2D eigenvalue weighted by molar-refractivity contribution is 5.85. The Labute approximate surface area is 135 Å². The maximum atomic E-state index is 12.4. The van der Waals surface area contributed by atoms with E-state index in [2.05, 4.69) is 10.3 Å². The van der Waals surface area contributed by atoms with Crippen LogP contribution < -0.4 is 5.32 Å². The van der Waals surface area contributed by atoms with E-state index in [0.29, 0.717) is 6.42 Å². The number of hydrogen-bond donors (Lipinski definition) is 1. The summed E-state index contributed by atoms with van der Waals surface area (Å²) in [6.45, 7) is 5.97. The van der Waals surface area contributed by atoms with Gasteiger partial charge in [0.1, 0.15) is 18.4 Å². The summed E-state index contributed by atoms with van der Waals surface area (Å²) in [7, 11) is 1.33. The smallest absolute Gasteiger partial charge is 0.328 e. The van der Waals surface area contributed by atoms with E-state index in [4.69, 9.17) is 4.74 Å². The number of aromatic nitrogens is 2. The lowest BCUT2D eigenvalue weighted by Crippen LogP contribution is -2.43. The van der Waals surface area contributed by atoms with Crippen LogP contribution in [0.5, 0.6) is 0 Å². The Hall–Kier alpha value is -2.37. The molecule has 1 aromatic carbocycles. The van der Waals surface area contributed by atoms with Crippen LogP contribution >= 0.6 is 0 Å². The van der Waals surface area contributed by atoms with E-state index in [1.807, 2.05) is 49.6 Å². The number of imidazole rings is 1. The number of ether oxygens (including phenoxy) is 1. The van der Waals surface area contributed by atoms with Gasteiger partial charge < -0.3 is 14.6 Å². The van der Waals surface area contributed by atoms with E-state index >= 15 is 0 Å². The second-order valence-electron chi connectivity index (χ2n) is 6.01. The molecular weight excluding hydrogens is 294 g/mol. The Morgan fingerprint density at radius 2 is 2.00 bits per heavy atom. The van der Waals surface area contributed by atoms with Crippen molar-refractivity contribution in [3.63, 3.8) is 0 Å². The average molecular weight is 317 g/mol. The maximum Gasteiger partial charge on any atom is 0.328 e. The quantitative estimate of drug-likeness (QED) is 0.828. The fourth-order valence-electron chi connectivity index (χ4n) is 2.61. The molecule has 6 heteroatoms. The van der Waals surface area contributed by atoms with Gasteiger partial charge in [-0.15, -0.1) is 0 Å². The van der Waals surface area contributed by atoms with Crippen molar-refractivity contribution in [2.75, 3.05) is 7.11 Å². The number of fused-ring (bicyclic) bond motifs is 1. The number of rotatable bonds is 6. The van der Waals surface area contributed by atoms with Crippen molar-refractivity contribution in [3.05, 3.63) is 30.1 Å². The van der Waals surface area contributed by atoms with Gasteiger partial charge in [-0.25, -0.2) is 9.78 Å². The largest absolute Gasteiger partial charge is 0.467 e. The minimum atomic E-state index is -0.623. The molecule has 1 heterocycles. The first kappa shape index (κ1) is 17.0. The molecule has 0 aliphatic rings. The molecule has 0 aliphatic carbocycles. The van der Waals surface area contributed by atoms with Crippen molar-refractivity contribution in [2.24, 2.45) is 5.92 Å². The van der Waals surface area contributed by atoms with Crippen molar-refractivity contribution in [1.29, 1.82) is 0 Å². The molecule has 1 N–H and O–H groups in total. The van der Waals surface area contributed by atoms with Gasteiger partial charge in [-0.3, -0.25) is 4.79 Å². The first-order chi connectivity index (χ1) is 10.9. The molecule has 23 heavy (non-hydrogen) atoms. The van der Waals surface area contributed by atoms with Gasteiger partial charge in [0.25, 0.3) is 0 Å². The van der Waals surface area contributed by atoms with Crippen molar-refractivity contribution < 1.29 is 14.3 Å². The van der Waals surface area contributed by atoms with Crippen LogP contribution in [-0.4, -0.2) is 34.6 Å². The molecule has 0 bridgehead atoms. The number of hydrogen-bond acceptors (Lipinski definition) is 4. The van der Waals surface area contributed by atoms with Crippen LogP contribution in [0.1, 0.15) is 26.1 Å². The summed E-state index contributed by atoms with van der Waals surface area (Å²) >= 11 is 0. The van der Waals surface area contributed by atoms with E-state index in [9.17, 15) is 9.59 Å². The van der Waals surface area contributed by atoms with Crippen LogP contribution in [0, 0.1) is 12.8 Å². The molecule has 1 amide bonds. The third-order valence-corrected chi connectivity index (χ3v) is 3.68. The van der Waals surface area contributed by atoms with Crippen molar-refractivity contribution in [3.8, 4) is 0 Å². The third-order valence-electron chi connectivity index (χ3n) is 3.68. The number of carbonyl (C=O) groups excluding carboxylic acids is 2. The van der Waals surface area contributed by atoms with Gasteiger partial charge in [0.2, 0.25) is 5.91 Å². The lowest BCUT2D eigenvalue weighted by molar-refractivity contribution is -0.145. The Kier molecular flexibility index (Phi) is 5.36. The number of methoxy groups -OCH3 is 1. The standard InChI is InChI=1S/C17H23N3O3/c1-11(2)9-14(17(22)23-4)19-16(21)10-20-12(3)18-13-7-5-6-8-15(13)20/h5-8,11,14H,9-10H2,1-4H3,(H,19,21)/t14-/m0/s1. The molecule has 2 rings (SSSR count). The number of para-hydroxylation sites is 2. The van der Waals surface area contributed by atoms with Crippen molar-refractivity contribution in [2.45, 2.75) is 39.8 Å². The second-order valence-corrected chi connectivity index (χ2v) is 6.01. The summed E-state index contributed by atoms with van der Waals surface area (Å²) in [5.41, 5.74) is 1.75. The van der Waals surface area contributed by atoms with Crippen LogP contribution in [0.25, 0.3) is 11.0 Å². The highest BCUT2D eigenvalue weighted by Crippen LogP contribution is 2.15. The summed E-state index contributed by atoms with van der Waals surface area (Å²) in [5.74, 6) is 0.390. The lowest BCUT2D eigenvalue weighted by Gasteiger charge is -2.18. The SMILES string of the molecule is COC(=O)[C@H](CC(C)C)NC(=O)Cn1c(C)nc2ccccc21. The van der Waals surface area contributed by atoms with Crippen molar-refractivity contribution >= 4 is 22.9 Å². The molecule has 1 atom stereocenters. The zero-order chi connectivity index (χ0) is 17.0. The van der Waals surface area contributed by atoms with Crippen LogP contribution in [0.4, 0.5) is 0 Å². The third kappa shape index (κ3) is 4.09. The average Bonchev–Trinajstić information content (AvgIpc) is 2.81. The van der Waals surface area contributed by atoms with E-state index in [-0.39, 0.29) is 18.4 Å². The maximum absolute atomic E-state index is 12.4. The van der Waals surface area contributed by atoms with Gasteiger partial charge in [-0.1, -0.05) is 26.0 Å². The number of carbonyl (C=O) groups is 2. The predicted molar refractivity (Wildman–Crippen MR) is 87.9 cm³/mol. The molecule has 0 fully saturated rings. The number of benzene rings is 1. The molecule has 124 valence electrons. The fraction of sp³-hybridized carbons (Fsp3) is 0.471. The summed E-state index contributed by atoms with van der Waals surface area (Å²) in [5, 5.41) is 2.77. The highest BCUT2D eigenvalue weighted by atomic mass is 16.5. The normalized spacial score (nSPS) is 12.4. The van der Waals surface area contributed by atoms with Crippen LogP contribution in [-0.2, 0) is 20.9 Å². The topological polar surface area (TPSA) is 73.2 Å². The Morgan fingerprint density at radius 1 is 1.30 bits per heavy atom. The lowest BCUT2D eigenvalue weighted by atomic mass is 10.0. The summed E-state index contributed by atoms with van der Waals surface area (Å²) in [6.07, 6.45) is 0.544. The van der Waals surface area contributed by atoms with Gasteiger partial charge in [-0.2, -0.15) is 0 Å². The molecule has 0 spiro atoms. The van der Waals surface area contributed by atoms with E-state index in [0.717, 1.165) is 16.9 Å². The van der Waals surface area contributed by atoms with Crippen molar-refractivity contribution in [1.82, 2.24) is 14.9 Å². The van der Waals surface area contributed by atoms with E-state index < -0.39 is 12.0 Å². The molecule has 1 aromatic heterocycles. The zero-order valence-corrected chi connectivity index (χ0v) is 14.0. The van der Waals surface area contributed by atoms with Gasteiger partial charge in [-0.05, 0) is 31.4 Å². The van der Waals surface area contributed by atoms with Gasteiger partial charge in [0.05, 0.1) is 18.1 Å². The summed E-state index contributed by atoms with van der Waals surface area (Å²) < 4.78 is 6.61. The van der Waals surface area contributed by atoms with Crippen LogP contribution in [0.2, 0.25) is 0 Å². The monoisotopic (exact) mass is 317 g/mol. The Bertz CT molecular complexity index is 706. The Morgan fingerprint density at radius 3 is 2.65 bits per heavy atom. The van der Waals surface area contributed by atoms with Crippen LogP contribution in [0.3, 0.4) is 0 Å². The first-order valence-electron chi connectivity index (χ1n) is 7.71. The summed E-state index contributed by atoms with van der Waals surface area (Å²) in [6, 6.07) is 7.03. The first-order valence-corrected chi connectivity index (χ1v) is 7.71. The van der Waals surface area contributed by atoms with Gasteiger partial charge in [0, 0.05) is 0 Å². The molecule has 0 aliphatic heterocycles. The molecule has 2 aromatic rings. The number of amides is 1. The zero-order valence-electron chi connectivity index (χ0n) is 14.0. The highest BCUT2D eigenvalue weighted by Gasteiger charge is 2.23. The fourth-order valence-corrected chi connectivity index (χ4v) is 2.61. The minimum absolute atomic E-state index is 0.123.